The molecule has 6 nitrogen and oxygen atoms in total. The van der Waals surface area contributed by atoms with Crippen LogP contribution in [-0.4, -0.2) is 27.8 Å². The maximum atomic E-state index is 12.1. The summed E-state index contributed by atoms with van der Waals surface area (Å²) in [4.78, 5) is 16.5. The Morgan fingerprint density at radius 1 is 1.06 bits per heavy atom. The number of carboxylic acids is 1. The number of thiazole rings is 1. The molecule has 1 N–H and O–H groups in total. The zero-order valence-electron chi connectivity index (χ0n) is 18.0. The molecule has 1 heterocycles. The van der Waals surface area contributed by atoms with Gasteiger partial charge in [-0.1, -0.05) is 53.3 Å². The molecule has 4 rings (SSSR count). The Bertz CT molecular complexity index is 1230. The molecule has 170 valence electrons. The van der Waals surface area contributed by atoms with Crippen molar-refractivity contribution in [1.29, 1.82) is 0 Å². The number of rotatable bonds is 9. The van der Waals surface area contributed by atoms with E-state index >= 15 is 0 Å². The third kappa shape index (κ3) is 5.27. The van der Waals surface area contributed by atoms with Crippen LogP contribution in [0.25, 0.3) is 10.2 Å². The van der Waals surface area contributed by atoms with Crippen LogP contribution in [0.4, 0.5) is 0 Å². The summed E-state index contributed by atoms with van der Waals surface area (Å²) < 4.78 is 18.6. The van der Waals surface area contributed by atoms with E-state index in [1.54, 1.807) is 37.3 Å². The molecule has 0 aliphatic rings. The van der Waals surface area contributed by atoms with Gasteiger partial charge in [-0.05, 0) is 61.9 Å². The molecule has 2 unspecified atom stereocenters. The zero-order valence-corrected chi connectivity index (χ0v) is 19.6. The smallest absolute Gasteiger partial charge is 0.350 e. The quantitative estimate of drug-likeness (QED) is 0.290. The van der Waals surface area contributed by atoms with E-state index in [1.807, 2.05) is 42.5 Å². The van der Waals surface area contributed by atoms with Crippen molar-refractivity contribution in [1.82, 2.24) is 4.98 Å². The van der Waals surface area contributed by atoms with Gasteiger partial charge in [-0.2, -0.15) is 0 Å². The zero-order chi connectivity index (χ0) is 23.4. The predicted octanol–water partition coefficient (Wildman–Crippen LogP) is 6.57. The Hall–Kier alpha value is -3.13. The van der Waals surface area contributed by atoms with Gasteiger partial charge >= 0.3 is 5.97 Å². The Kier molecular flexibility index (Phi) is 6.83. The first kappa shape index (κ1) is 23.0. The van der Waals surface area contributed by atoms with Gasteiger partial charge in [-0.25, -0.2) is 9.78 Å². The molecule has 0 spiro atoms. The molecule has 0 fully saturated rings. The molecule has 2 atom stereocenters. The topological polar surface area (TPSA) is 77.9 Å². The minimum Gasteiger partial charge on any atom is -0.478 e. The number of hydrogen-bond donors (Lipinski definition) is 1. The summed E-state index contributed by atoms with van der Waals surface area (Å²) in [5, 5.41) is 11.0. The van der Waals surface area contributed by atoms with Gasteiger partial charge < -0.3 is 19.3 Å². The lowest BCUT2D eigenvalue weighted by Crippen LogP contribution is -2.51. The summed E-state index contributed by atoms with van der Waals surface area (Å²) in [5.74, 6) is -0.185. The molecule has 1 aromatic heterocycles. The van der Waals surface area contributed by atoms with Crippen molar-refractivity contribution in [2.45, 2.75) is 32.2 Å². The van der Waals surface area contributed by atoms with Crippen molar-refractivity contribution in [3.63, 3.8) is 0 Å². The molecular weight excluding hydrogens is 462 g/mol. The third-order valence-corrected chi connectivity index (χ3v) is 6.56. The van der Waals surface area contributed by atoms with Crippen LogP contribution >= 0.6 is 22.9 Å². The van der Waals surface area contributed by atoms with Crippen LogP contribution in [0.2, 0.25) is 5.02 Å². The van der Waals surface area contributed by atoms with Gasteiger partial charge in [-0.3, -0.25) is 0 Å². The summed E-state index contributed by atoms with van der Waals surface area (Å²) in [7, 11) is 0. The number of ether oxygens (including phenoxy) is 3. The highest BCUT2D eigenvalue weighted by molar-refractivity contribution is 7.20. The van der Waals surface area contributed by atoms with Crippen LogP contribution in [0.15, 0.2) is 72.8 Å². The molecule has 8 heteroatoms. The molecule has 0 bridgehead atoms. The van der Waals surface area contributed by atoms with E-state index in [4.69, 9.17) is 25.8 Å². The first-order valence-electron chi connectivity index (χ1n) is 10.3. The minimum atomic E-state index is -1.61. The van der Waals surface area contributed by atoms with Crippen molar-refractivity contribution >= 4 is 39.1 Å². The molecule has 0 aliphatic heterocycles. The number of aliphatic carboxylic acids is 1. The highest BCUT2D eigenvalue weighted by Gasteiger charge is 2.43. The molecule has 0 saturated carbocycles. The molecule has 3 aromatic carbocycles. The summed E-state index contributed by atoms with van der Waals surface area (Å²) in [5.41, 5.74) is 0.0342. The number of nitrogens with zero attached hydrogens (tertiary/aromatic N) is 1. The lowest BCUT2D eigenvalue weighted by atomic mass is 10.00. The fraction of sp³-hybridized carbons (Fsp3) is 0.200. The van der Waals surface area contributed by atoms with Crippen molar-refractivity contribution in [3.05, 3.63) is 83.4 Å². The van der Waals surface area contributed by atoms with Crippen molar-refractivity contribution in [2.24, 2.45) is 0 Å². The van der Waals surface area contributed by atoms with Crippen molar-refractivity contribution in [3.8, 4) is 16.7 Å². The summed E-state index contributed by atoms with van der Waals surface area (Å²) in [6.45, 7) is 3.32. The van der Waals surface area contributed by atoms with E-state index < -0.39 is 17.7 Å². The van der Waals surface area contributed by atoms with Crippen molar-refractivity contribution < 1.29 is 24.1 Å². The standard InChI is InChI=1S/C25H22ClNO5S/c1-16(30-15-17-7-3-4-8-20(17)26)25(2,23(28)29)32-19-13-11-18(12-14-19)31-24-27-21-9-5-6-10-22(21)33-24/h3-14,16H,15H2,1-2H3,(H,28,29). The molecule has 0 amide bonds. The number of fused-ring (bicyclic) bond motifs is 1. The van der Waals surface area contributed by atoms with Gasteiger partial charge in [0.2, 0.25) is 5.60 Å². The second-order valence-electron chi connectivity index (χ2n) is 7.58. The van der Waals surface area contributed by atoms with E-state index in [1.165, 1.54) is 18.3 Å². The van der Waals surface area contributed by atoms with Gasteiger partial charge in [0.1, 0.15) is 17.6 Å². The lowest BCUT2D eigenvalue weighted by molar-refractivity contribution is -0.168. The maximum absolute atomic E-state index is 12.1. The van der Waals surface area contributed by atoms with Gasteiger partial charge in [-0.15, -0.1) is 0 Å². The Morgan fingerprint density at radius 3 is 2.42 bits per heavy atom. The molecule has 4 aromatic rings. The Morgan fingerprint density at radius 2 is 1.73 bits per heavy atom. The van der Waals surface area contributed by atoms with Crippen LogP contribution in [0, 0.1) is 0 Å². The van der Waals surface area contributed by atoms with E-state index in [0.29, 0.717) is 21.7 Å². The van der Waals surface area contributed by atoms with Gasteiger partial charge in [0.05, 0.1) is 16.8 Å². The monoisotopic (exact) mass is 483 g/mol. The molecule has 0 radical (unpaired) electrons. The first-order valence-corrected chi connectivity index (χ1v) is 11.5. The Labute approximate surface area is 200 Å². The van der Waals surface area contributed by atoms with Crippen molar-refractivity contribution in [2.75, 3.05) is 0 Å². The number of aromatic nitrogens is 1. The summed E-state index contributed by atoms with van der Waals surface area (Å²) in [6.07, 6.45) is -0.759. The van der Waals surface area contributed by atoms with Gasteiger partial charge in [0, 0.05) is 5.02 Å². The average Bonchev–Trinajstić information content (AvgIpc) is 3.21. The number of halogens is 1. The van der Waals surface area contributed by atoms with Crippen LogP contribution in [-0.2, 0) is 16.1 Å². The fourth-order valence-electron chi connectivity index (χ4n) is 3.11. The number of carboxylic acid groups (broad SMARTS) is 1. The van der Waals surface area contributed by atoms with Crippen LogP contribution in [0.3, 0.4) is 0 Å². The SMILES string of the molecule is CC(OCc1ccccc1Cl)C(C)(Oc1ccc(Oc2nc3ccccc3s2)cc1)C(=O)O. The molecule has 0 saturated heterocycles. The fourth-order valence-corrected chi connectivity index (χ4v) is 4.13. The third-order valence-electron chi connectivity index (χ3n) is 5.28. The van der Waals surface area contributed by atoms with E-state index in [-0.39, 0.29) is 6.61 Å². The predicted molar refractivity (Wildman–Crippen MR) is 129 cm³/mol. The number of benzene rings is 3. The number of hydrogen-bond acceptors (Lipinski definition) is 6. The summed E-state index contributed by atoms with van der Waals surface area (Å²) in [6, 6.07) is 21.8. The van der Waals surface area contributed by atoms with Crippen LogP contribution in [0.1, 0.15) is 19.4 Å². The molecule has 33 heavy (non-hydrogen) atoms. The highest BCUT2D eigenvalue weighted by atomic mass is 35.5. The molecular formula is C25H22ClNO5S. The second kappa shape index (κ2) is 9.79. The van der Waals surface area contributed by atoms with E-state index in [2.05, 4.69) is 4.98 Å². The normalized spacial score (nSPS) is 13.9. The average molecular weight is 484 g/mol. The second-order valence-corrected chi connectivity index (χ2v) is 8.98. The minimum absolute atomic E-state index is 0.169. The number of para-hydroxylation sites is 1. The molecule has 0 aliphatic carbocycles. The van der Waals surface area contributed by atoms with E-state index in [9.17, 15) is 9.90 Å². The summed E-state index contributed by atoms with van der Waals surface area (Å²) >= 11 is 7.62. The largest absolute Gasteiger partial charge is 0.478 e. The highest BCUT2D eigenvalue weighted by Crippen LogP contribution is 2.32. The van der Waals surface area contributed by atoms with Crippen LogP contribution in [0.5, 0.6) is 16.7 Å². The lowest BCUT2D eigenvalue weighted by Gasteiger charge is -2.32. The van der Waals surface area contributed by atoms with Crippen LogP contribution < -0.4 is 9.47 Å². The Balaban J connectivity index is 1.43. The van der Waals surface area contributed by atoms with Gasteiger partial charge in [0.15, 0.2) is 0 Å². The van der Waals surface area contributed by atoms with Gasteiger partial charge in [0.25, 0.3) is 5.19 Å². The maximum Gasteiger partial charge on any atom is 0.350 e. The van der Waals surface area contributed by atoms with E-state index in [0.717, 1.165) is 15.8 Å². The number of carbonyl (C=O) groups is 1. The first-order chi connectivity index (χ1) is 15.8.